The summed E-state index contributed by atoms with van der Waals surface area (Å²) in [5.41, 5.74) is 2.89. The molecule has 6 nitrogen and oxygen atoms in total. The van der Waals surface area contributed by atoms with E-state index in [4.69, 9.17) is 4.74 Å². The third-order valence-electron chi connectivity index (χ3n) is 5.14. The smallest absolute Gasteiger partial charge is 0.307 e. The van der Waals surface area contributed by atoms with Gasteiger partial charge in [0.25, 0.3) is 11.8 Å². The third-order valence-corrected chi connectivity index (χ3v) is 5.14. The average molecular weight is 394 g/mol. The molecular formula is C23H26N2O4. The monoisotopic (exact) mass is 394 g/mol. The van der Waals surface area contributed by atoms with E-state index in [9.17, 15) is 14.4 Å². The number of imide groups is 1. The first-order valence-corrected chi connectivity index (χ1v) is 9.94. The van der Waals surface area contributed by atoms with Crippen molar-refractivity contribution < 1.29 is 19.1 Å². The van der Waals surface area contributed by atoms with Crippen LogP contribution in [0, 0.1) is 0 Å². The molecule has 3 rings (SSSR count). The second kappa shape index (κ2) is 9.47. The lowest BCUT2D eigenvalue weighted by atomic mass is 10.1. The highest BCUT2D eigenvalue weighted by Gasteiger charge is 2.35. The van der Waals surface area contributed by atoms with Crippen molar-refractivity contribution in [2.75, 3.05) is 19.6 Å². The first-order chi connectivity index (χ1) is 14.0. The van der Waals surface area contributed by atoms with E-state index in [1.54, 1.807) is 24.3 Å². The van der Waals surface area contributed by atoms with Crippen LogP contribution in [-0.2, 0) is 22.7 Å². The lowest BCUT2D eigenvalue weighted by Crippen LogP contribution is -2.32. The number of carbonyl (C=O) groups excluding carboxylic acids is 3. The van der Waals surface area contributed by atoms with Crippen molar-refractivity contribution in [3.8, 4) is 0 Å². The van der Waals surface area contributed by atoms with Crippen molar-refractivity contribution in [3.63, 3.8) is 0 Å². The predicted molar refractivity (Wildman–Crippen MR) is 109 cm³/mol. The van der Waals surface area contributed by atoms with Crippen LogP contribution < -0.4 is 0 Å². The molecule has 0 aliphatic carbocycles. The second-order valence-electron chi connectivity index (χ2n) is 7.00. The largest absolute Gasteiger partial charge is 0.461 e. The number of esters is 1. The lowest BCUT2D eigenvalue weighted by molar-refractivity contribution is -0.145. The quantitative estimate of drug-likeness (QED) is 0.482. The van der Waals surface area contributed by atoms with Crippen LogP contribution in [0.2, 0.25) is 0 Å². The number of hydrogen-bond donors (Lipinski definition) is 0. The zero-order chi connectivity index (χ0) is 20.8. The van der Waals surface area contributed by atoms with E-state index in [0.29, 0.717) is 11.1 Å². The molecule has 29 heavy (non-hydrogen) atoms. The summed E-state index contributed by atoms with van der Waals surface area (Å²) >= 11 is 0. The molecule has 1 aliphatic heterocycles. The van der Waals surface area contributed by atoms with Crippen LogP contribution in [0.25, 0.3) is 0 Å². The molecular weight excluding hydrogens is 368 g/mol. The Bertz CT molecular complexity index is 853. The normalized spacial score (nSPS) is 13.1. The molecule has 1 aliphatic rings. The van der Waals surface area contributed by atoms with Crippen molar-refractivity contribution in [3.05, 3.63) is 70.8 Å². The van der Waals surface area contributed by atoms with Crippen LogP contribution >= 0.6 is 0 Å². The highest BCUT2D eigenvalue weighted by Crippen LogP contribution is 2.22. The molecule has 0 radical (unpaired) electrons. The van der Waals surface area contributed by atoms with Gasteiger partial charge in [0, 0.05) is 13.1 Å². The second-order valence-corrected chi connectivity index (χ2v) is 7.00. The van der Waals surface area contributed by atoms with Crippen LogP contribution in [-0.4, -0.2) is 47.2 Å². The van der Waals surface area contributed by atoms with Gasteiger partial charge in [-0.25, -0.2) is 0 Å². The van der Waals surface area contributed by atoms with Gasteiger partial charge in [-0.2, -0.15) is 0 Å². The molecule has 0 N–H and O–H groups in total. The maximum atomic E-state index is 12.3. The fourth-order valence-corrected chi connectivity index (χ4v) is 3.33. The number of fused-ring (bicyclic) bond motifs is 1. The Morgan fingerprint density at radius 3 is 2.00 bits per heavy atom. The highest BCUT2D eigenvalue weighted by atomic mass is 16.5. The summed E-state index contributed by atoms with van der Waals surface area (Å²) in [5, 5.41) is 0. The zero-order valence-electron chi connectivity index (χ0n) is 16.9. The van der Waals surface area contributed by atoms with Gasteiger partial charge in [0.2, 0.25) is 0 Å². The van der Waals surface area contributed by atoms with E-state index in [2.05, 4.69) is 18.7 Å². The van der Waals surface area contributed by atoms with Gasteiger partial charge in [-0.15, -0.1) is 0 Å². The van der Waals surface area contributed by atoms with Gasteiger partial charge in [-0.05, 0) is 36.3 Å². The standard InChI is InChI=1S/C23H26N2O4/c1-3-24(4-2)15-17-9-11-18(12-10-17)16-29-21(26)13-14-25-22(27)19-7-5-6-8-20(19)23(25)28/h5-12H,3-4,13-16H2,1-2H3. The first kappa shape index (κ1) is 20.7. The molecule has 0 aromatic heterocycles. The van der Waals surface area contributed by atoms with Gasteiger partial charge in [0.1, 0.15) is 6.61 Å². The van der Waals surface area contributed by atoms with Crippen molar-refractivity contribution in [1.29, 1.82) is 0 Å². The van der Waals surface area contributed by atoms with Crippen LogP contribution in [0.5, 0.6) is 0 Å². The summed E-state index contributed by atoms with van der Waals surface area (Å²) in [4.78, 5) is 40.1. The SMILES string of the molecule is CCN(CC)Cc1ccc(COC(=O)CCN2C(=O)c3ccccc3C2=O)cc1. The molecule has 0 saturated heterocycles. The van der Waals surface area contributed by atoms with Crippen molar-refractivity contribution in [1.82, 2.24) is 9.80 Å². The van der Waals surface area contributed by atoms with E-state index in [-0.39, 0.29) is 31.4 Å². The maximum absolute atomic E-state index is 12.3. The number of nitrogens with zero attached hydrogens (tertiary/aromatic N) is 2. The molecule has 0 unspecified atom stereocenters. The zero-order valence-corrected chi connectivity index (χ0v) is 16.9. The number of benzene rings is 2. The molecule has 152 valence electrons. The molecule has 0 spiro atoms. The molecule has 0 fully saturated rings. The molecule has 1 heterocycles. The van der Waals surface area contributed by atoms with Crippen molar-refractivity contribution in [2.45, 2.75) is 33.4 Å². The molecule has 2 aromatic rings. The molecule has 0 atom stereocenters. The van der Waals surface area contributed by atoms with E-state index in [0.717, 1.165) is 30.1 Å². The third kappa shape index (κ3) is 4.90. The van der Waals surface area contributed by atoms with Gasteiger partial charge in [-0.1, -0.05) is 50.2 Å². The van der Waals surface area contributed by atoms with Crippen molar-refractivity contribution in [2.24, 2.45) is 0 Å². The number of carbonyl (C=O) groups is 3. The van der Waals surface area contributed by atoms with Gasteiger partial charge >= 0.3 is 5.97 Å². The lowest BCUT2D eigenvalue weighted by Gasteiger charge is -2.18. The van der Waals surface area contributed by atoms with Crippen LogP contribution in [0.1, 0.15) is 52.1 Å². The summed E-state index contributed by atoms with van der Waals surface area (Å²) in [6.07, 6.45) is -0.0223. The van der Waals surface area contributed by atoms with Crippen molar-refractivity contribution >= 4 is 17.8 Å². The minimum Gasteiger partial charge on any atom is -0.461 e. The Hall–Kier alpha value is -2.99. The van der Waals surface area contributed by atoms with Crippen LogP contribution in [0.15, 0.2) is 48.5 Å². The van der Waals surface area contributed by atoms with E-state index in [1.807, 2.05) is 24.3 Å². The Kier molecular flexibility index (Phi) is 6.77. The number of hydrogen-bond acceptors (Lipinski definition) is 5. The number of rotatable bonds is 9. The van der Waals surface area contributed by atoms with Gasteiger partial charge < -0.3 is 4.74 Å². The van der Waals surface area contributed by atoms with Crippen LogP contribution in [0.4, 0.5) is 0 Å². The summed E-state index contributed by atoms with van der Waals surface area (Å²) in [6, 6.07) is 14.7. The summed E-state index contributed by atoms with van der Waals surface area (Å²) < 4.78 is 5.30. The summed E-state index contributed by atoms with van der Waals surface area (Å²) in [5.74, 6) is -1.15. The summed E-state index contributed by atoms with van der Waals surface area (Å²) in [6.45, 7) is 7.37. The Balaban J connectivity index is 1.46. The first-order valence-electron chi connectivity index (χ1n) is 9.94. The highest BCUT2D eigenvalue weighted by molar-refractivity contribution is 6.21. The maximum Gasteiger partial charge on any atom is 0.307 e. The number of ether oxygens (including phenoxy) is 1. The molecule has 6 heteroatoms. The van der Waals surface area contributed by atoms with Gasteiger partial charge in [0.05, 0.1) is 17.5 Å². The minimum absolute atomic E-state index is 0.0218. The average Bonchev–Trinajstić information content (AvgIpc) is 3.00. The topological polar surface area (TPSA) is 66.9 Å². The molecule has 0 saturated carbocycles. The van der Waals surface area contributed by atoms with Gasteiger partial charge in [-0.3, -0.25) is 24.2 Å². The van der Waals surface area contributed by atoms with Crippen LogP contribution in [0.3, 0.4) is 0 Å². The predicted octanol–water partition coefficient (Wildman–Crippen LogP) is 3.26. The van der Waals surface area contributed by atoms with E-state index < -0.39 is 5.97 Å². The Morgan fingerprint density at radius 2 is 1.45 bits per heavy atom. The minimum atomic E-state index is -0.436. The summed E-state index contributed by atoms with van der Waals surface area (Å²) in [7, 11) is 0. The fraction of sp³-hybridized carbons (Fsp3) is 0.348. The Labute approximate surface area is 171 Å². The van der Waals surface area contributed by atoms with E-state index in [1.165, 1.54) is 5.56 Å². The Morgan fingerprint density at radius 1 is 0.897 bits per heavy atom. The van der Waals surface area contributed by atoms with E-state index >= 15 is 0 Å². The van der Waals surface area contributed by atoms with Gasteiger partial charge in [0.15, 0.2) is 0 Å². The fourth-order valence-electron chi connectivity index (χ4n) is 3.33. The number of amides is 2. The molecule has 2 amide bonds. The molecule has 0 bridgehead atoms. The molecule has 2 aromatic carbocycles.